The standard InChI is InChI=1S/C16H21N5O/c1-10(22)11-6-5-7-12(8-11)20-14-13(17)15(19-9-18-14)21-16(2,3)4/h5-9H,17H2,1-4H3,(H2,18,19,20,21). The molecule has 0 aliphatic heterocycles. The van der Waals surface area contributed by atoms with E-state index in [2.05, 4.69) is 20.6 Å². The Morgan fingerprint density at radius 3 is 2.50 bits per heavy atom. The Morgan fingerprint density at radius 2 is 1.86 bits per heavy atom. The summed E-state index contributed by atoms with van der Waals surface area (Å²) in [6.45, 7) is 7.61. The minimum absolute atomic E-state index is 0.00870. The molecule has 6 nitrogen and oxygen atoms in total. The highest BCUT2D eigenvalue weighted by Crippen LogP contribution is 2.27. The molecule has 0 amide bonds. The van der Waals surface area contributed by atoms with Gasteiger partial charge in [0.2, 0.25) is 0 Å². The number of rotatable bonds is 4. The van der Waals surface area contributed by atoms with Gasteiger partial charge in [-0.1, -0.05) is 12.1 Å². The summed E-state index contributed by atoms with van der Waals surface area (Å²) < 4.78 is 0. The number of aromatic nitrogens is 2. The van der Waals surface area contributed by atoms with Crippen molar-refractivity contribution in [1.82, 2.24) is 9.97 Å². The first-order chi connectivity index (χ1) is 10.3. The molecule has 6 heteroatoms. The third kappa shape index (κ3) is 3.94. The van der Waals surface area contributed by atoms with Crippen LogP contribution in [0.5, 0.6) is 0 Å². The minimum atomic E-state index is -0.158. The molecule has 1 heterocycles. The van der Waals surface area contributed by atoms with Gasteiger partial charge in [-0.05, 0) is 39.8 Å². The van der Waals surface area contributed by atoms with Crippen molar-refractivity contribution in [2.45, 2.75) is 33.2 Å². The van der Waals surface area contributed by atoms with Crippen LogP contribution >= 0.6 is 0 Å². The summed E-state index contributed by atoms with van der Waals surface area (Å²) in [5, 5.41) is 6.36. The van der Waals surface area contributed by atoms with Crippen molar-refractivity contribution in [1.29, 1.82) is 0 Å². The zero-order valence-corrected chi connectivity index (χ0v) is 13.3. The Balaban J connectivity index is 2.28. The zero-order valence-electron chi connectivity index (χ0n) is 13.3. The monoisotopic (exact) mass is 299 g/mol. The molecule has 2 aromatic rings. The number of hydrogen-bond donors (Lipinski definition) is 3. The molecular formula is C16H21N5O. The Bertz CT molecular complexity index is 691. The molecule has 0 aliphatic rings. The summed E-state index contributed by atoms with van der Waals surface area (Å²) >= 11 is 0. The molecule has 116 valence electrons. The van der Waals surface area contributed by atoms with Crippen LogP contribution < -0.4 is 16.4 Å². The lowest BCUT2D eigenvalue weighted by Crippen LogP contribution is -2.27. The maximum absolute atomic E-state index is 11.4. The average Bonchev–Trinajstić information content (AvgIpc) is 2.42. The number of nitrogen functional groups attached to an aromatic ring is 1. The van der Waals surface area contributed by atoms with E-state index in [4.69, 9.17) is 5.73 Å². The third-order valence-corrected chi connectivity index (χ3v) is 2.91. The summed E-state index contributed by atoms with van der Waals surface area (Å²) in [5.74, 6) is 1.09. The molecule has 0 saturated carbocycles. The molecule has 0 atom stereocenters. The fourth-order valence-electron chi connectivity index (χ4n) is 1.90. The number of carbonyl (C=O) groups excluding carboxylic acids is 1. The molecule has 0 unspecified atom stereocenters. The second kappa shape index (κ2) is 6.01. The Kier molecular flexibility index (Phi) is 4.30. The molecule has 0 aliphatic carbocycles. The fourth-order valence-corrected chi connectivity index (χ4v) is 1.90. The summed E-state index contributed by atoms with van der Waals surface area (Å²) in [7, 11) is 0. The smallest absolute Gasteiger partial charge is 0.159 e. The number of hydrogen-bond acceptors (Lipinski definition) is 6. The maximum atomic E-state index is 11.4. The SMILES string of the molecule is CC(=O)c1cccc(Nc2ncnc(NC(C)(C)C)c2N)c1. The lowest BCUT2D eigenvalue weighted by Gasteiger charge is -2.22. The molecule has 0 saturated heterocycles. The van der Waals surface area contributed by atoms with Crippen molar-refractivity contribution in [3.8, 4) is 0 Å². The lowest BCUT2D eigenvalue weighted by molar-refractivity contribution is 0.101. The molecule has 0 spiro atoms. The predicted octanol–water partition coefficient (Wildman–Crippen LogP) is 3.22. The second-order valence-corrected chi connectivity index (χ2v) is 6.12. The van der Waals surface area contributed by atoms with Crippen molar-refractivity contribution in [2.75, 3.05) is 16.4 Å². The van der Waals surface area contributed by atoms with Crippen molar-refractivity contribution in [3.05, 3.63) is 36.2 Å². The van der Waals surface area contributed by atoms with Crippen LogP contribution in [0, 0.1) is 0 Å². The molecule has 2 rings (SSSR count). The van der Waals surface area contributed by atoms with Gasteiger partial charge in [-0.15, -0.1) is 0 Å². The molecule has 4 N–H and O–H groups in total. The van der Waals surface area contributed by atoms with E-state index in [1.807, 2.05) is 32.9 Å². The Hall–Kier alpha value is -2.63. The van der Waals surface area contributed by atoms with E-state index >= 15 is 0 Å². The van der Waals surface area contributed by atoms with Crippen LogP contribution in [-0.4, -0.2) is 21.3 Å². The highest BCUT2D eigenvalue weighted by Gasteiger charge is 2.15. The quantitative estimate of drug-likeness (QED) is 0.751. The van der Waals surface area contributed by atoms with Crippen molar-refractivity contribution >= 4 is 28.8 Å². The van der Waals surface area contributed by atoms with Crippen LogP contribution in [0.4, 0.5) is 23.0 Å². The van der Waals surface area contributed by atoms with Gasteiger partial charge >= 0.3 is 0 Å². The molecular weight excluding hydrogens is 278 g/mol. The molecule has 0 bridgehead atoms. The van der Waals surface area contributed by atoms with Crippen LogP contribution in [-0.2, 0) is 0 Å². The van der Waals surface area contributed by atoms with Crippen LogP contribution in [0.1, 0.15) is 38.1 Å². The van der Waals surface area contributed by atoms with Gasteiger partial charge in [-0.25, -0.2) is 9.97 Å². The van der Waals surface area contributed by atoms with E-state index < -0.39 is 0 Å². The second-order valence-electron chi connectivity index (χ2n) is 6.12. The van der Waals surface area contributed by atoms with E-state index in [1.165, 1.54) is 13.3 Å². The zero-order chi connectivity index (χ0) is 16.3. The van der Waals surface area contributed by atoms with E-state index in [9.17, 15) is 4.79 Å². The van der Waals surface area contributed by atoms with Crippen LogP contribution in [0.25, 0.3) is 0 Å². The van der Waals surface area contributed by atoms with Gasteiger partial charge < -0.3 is 16.4 Å². The predicted molar refractivity (Wildman–Crippen MR) is 89.5 cm³/mol. The first-order valence-electron chi connectivity index (χ1n) is 7.03. The molecule has 0 radical (unpaired) electrons. The largest absolute Gasteiger partial charge is 0.393 e. The summed E-state index contributed by atoms with van der Waals surface area (Å²) in [6.07, 6.45) is 1.45. The molecule has 22 heavy (non-hydrogen) atoms. The van der Waals surface area contributed by atoms with Crippen LogP contribution in [0.15, 0.2) is 30.6 Å². The minimum Gasteiger partial charge on any atom is -0.393 e. The number of nitrogens with two attached hydrogens (primary N) is 1. The average molecular weight is 299 g/mol. The van der Waals surface area contributed by atoms with Crippen LogP contribution in [0.2, 0.25) is 0 Å². The number of anilines is 4. The fraction of sp³-hybridized carbons (Fsp3) is 0.312. The van der Waals surface area contributed by atoms with Gasteiger partial charge in [0.1, 0.15) is 12.0 Å². The van der Waals surface area contributed by atoms with Gasteiger partial charge in [0.15, 0.2) is 17.4 Å². The molecule has 1 aromatic heterocycles. The third-order valence-electron chi connectivity index (χ3n) is 2.91. The Labute approximate surface area is 130 Å². The van der Waals surface area contributed by atoms with Gasteiger partial charge in [-0.2, -0.15) is 0 Å². The van der Waals surface area contributed by atoms with Crippen molar-refractivity contribution in [3.63, 3.8) is 0 Å². The summed E-state index contributed by atoms with van der Waals surface area (Å²) in [5.41, 5.74) is 7.78. The van der Waals surface area contributed by atoms with Gasteiger partial charge in [-0.3, -0.25) is 4.79 Å². The normalized spacial score (nSPS) is 11.1. The number of nitrogens with one attached hydrogen (secondary N) is 2. The highest BCUT2D eigenvalue weighted by atomic mass is 16.1. The summed E-state index contributed by atoms with van der Waals surface area (Å²) in [6, 6.07) is 7.19. The summed E-state index contributed by atoms with van der Waals surface area (Å²) in [4.78, 5) is 19.8. The van der Waals surface area contributed by atoms with E-state index in [0.29, 0.717) is 22.9 Å². The van der Waals surface area contributed by atoms with Gasteiger partial charge in [0.25, 0.3) is 0 Å². The lowest BCUT2D eigenvalue weighted by atomic mass is 10.1. The highest BCUT2D eigenvalue weighted by molar-refractivity contribution is 5.95. The van der Waals surface area contributed by atoms with E-state index in [-0.39, 0.29) is 11.3 Å². The Morgan fingerprint density at radius 1 is 1.18 bits per heavy atom. The van der Waals surface area contributed by atoms with Gasteiger partial charge in [0, 0.05) is 16.8 Å². The maximum Gasteiger partial charge on any atom is 0.159 e. The first-order valence-corrected chi connectivity index (χ1v) is 7.03. The van der Waals surface area contributed by atoms with Crippen molar-refractivity contribution in [2.24, 2.45) is 0 Å². The van der Waals surface area contributed by atoms with Gasteiger partial charge in [0.05, 0.1) is 0 Å². The first kappa shape index (κ1) is 15.8. The van der Waals surface area contributed by atoms with E-state index in [0.717, 1.165) is 5.69 Å². The van der Waals surface area contributed by atoms with Crippen LogP contribution in [0.3, 0.4) is 0 Å². The molecule has 0 fully saturated rings. The van der Waals surface area contributed by atoms with E-state index in [1.54, 1.807) is 12.1 Å². The molecule has 1 aromatic carbocycles. The number of benzene rings is 1. The number of ketones is 1. The number of nitrogens with zero attached hydrogens (tertiary/aromatic N) is 2. The number of Topliss-reactive ketones (excluding diaryl/α,β-unsaturated/α-hetero) is 1. The topological polar surface area (TPSA) is 92.9 Å². The number of carbonyl (C=O) groups is 1. The van der Waals surface area contributed by atoms with Crippen molar-refractivity contribution < 1.29 is 4.79 Å².